The molecule has 1 saturated heterocycles. The fourth-order valence-corrected chi connectivity index (χ4v) is 2.21. The maximum Gasteiger partial charge on any atom is 0.138 e. The quantitative estimate of drug-likeness (QED) is 0.917. The molecule has 100 valence electrons. The van der Waals surface area contributed by atoms with E-state index in [0.29, 0.717) is 17.4 Å². The second-order valence-corrected chi connectivity index (χ2v) is 5.73. The second kappa shape index (κ2) is 5.47. The summed E-state index contributed by atoms with van der Waals surface area (Å²) in [4.78, 5) is 0. The van der Waals surface area contributed by atoms with Crippen molar-refractivity contribution < 1.29 is 9.47 Å². The standard InChI is InChI=1S/C14H20ClNO2/c1-14(2,16)10-5-6-13(12(15)8-10)18-11-4-3-7-17-9-11/h5-6,8,11H,3-4,7,9,16H2,1-2H3. The molecule has 0 amide bonds. The largest absolute Gasteiger partial charge is 0.486 e. The van der Waals surface area contributed by atoms with Crippen LogP contribution in [-0.2, 0) is 10.3 Å². The van der Waals surface area contributed by atoms with Crippen LogP contribution in [0.15, 0.2) is 18.2 Å². The van der Waals surface area contributed by atoms with Crippen LogP contribution in [0.5, 0.6) is 5.75 Å². The minimum Gasteiger partial charge on any atom is -0.486 e. The van der Waals surface area contributed by atoms with Crippen LogP contribution in [0.4, 0.5) is 0 Å². The van der Waals surface area contributed by atoms with Gasteiger partial charge >= 0.3 is 0 Å². The Labute approximate surface area is 113 Å². The van der Waals surface area contributed by atoms with E-state index in [1.165, 1.54) is 0 Å². The van der Waals surface area contributed by atoms with E-state index < -0.39 is 5.54 Å². The molecule has 1 aromatic carbocycles. The van der Waals surface area contributed by atoms with Crippen LogP contribution in [0.3, 0.4) is 0 Å². The third kappa shape index (κ3) is 3.37. The van der Waals surface area contributed by atoms with Crippen LogP contribution in [-0.4, -0.2) is 19.3 Å². The predicted octanol–water partition coefficient (Wildman–Crippen LogP) is 3.09. The topological polar surface area (TPSA) is 44.5 Å². The molecule has 0 aromatic heterocycles. The first kappa shape index (κ1) is 13.7. The molecule has 18 heavy (non-hydrogen) atoms. The van der Waals surface area contributed by atoms with E-state index in [1.54, 1.807) is 0 Å². The van der Waals surface area contributed by atoms with Crippen molar-refractivity contribution in [3.8, 4) is 5.75 Å². The fraction of sp³-hybridized carbons (Fsp3) is 0.571. The Bertz CT molecular complexity index is 409. The minimum absolute atomic E-state index is 0.105. The van der Waals surface area contributed by atoms with E-state index in [0.717, 1.165) is 25.0 Å². The van der Waals surface area contributed by atoms with Crippen LogP contribution in [0.2, 0.25) is 5.02 Å². The highest BCUT2D eigenvalue weighted by Crippen LogP contribution is 2.30. The Kier molecular flexibility index (Phi) is 4.15. The zero-order chi connectivity index (χ0) is 13.2. The van der Waals surface area contributed by atoms with Crippen molar-refractivity contribution in [2.24, 2.45) is 5.73 Å². The third-order valence-electron chi connectivity index (χ3n) is 3.09. The van der Waals surface area contributed by atoms with Crippen LogP contribution in [0.1, 0.15) is 32.3 Å². The lowest BCUT2D eigenvalue weighted by Crippen LogP contribution is -2.29. The van der Waals surface area contributed by atoms with Gasteiger partial charge in [-0.05, 0) is 44.4 Å². The zero-order valence-electron chi connectivity index (χ0n) is 10.9. The number of benzene rings is 1. The monoisotopic (exact) mass is 269 g/mol. The summed E-state index contributed by atoms with van der Waals surface area (Å²) in [7, 11) is 0. The molecule has 1 aliphatic heterocycles. The van der Waals surface area contributed by atoms with E-state index in [4.69, 9.17) is 26.8 Å². The van der Waals surface area contributed by atoms with E-state index in [-0.39, 0.29) is 6.10 Å². The SMILES string of the molecule is CC(C)(N)c1ccc(OC2CCCOC2)c(Cl)c1. The molecule has 1 unspecified atom stereocenters. The van der Waals surface area contributed by atoms with Gasteiger partial charge in [-0.15, -0.1) is 0 Å². The first-order valence-electron chi connectivity index (χ1n) is 6.30. The van der Waals surface area contributed by atoms with Crippen molar-refractivity contribution in [3.63, 3.8) is 0 Å². The highest BCUT2D eigenvalue weighted by Gasteiger charge is 2.19. The van der Waals surface area contributed by atoms with Crippen molar-refractivity contribution in [1.29, 1.82) is 0 Å². The molecule has 1 heterocycles. The molecular formula is C14H20ClNO2. The van der Waals surface area contributed by atoms with Crippen molar-refractivity contribution in [1.82, 2.24) is 0 Å². The number of nitrogens with two attached hydrogens (primary N) is 1. The summed E-state index contributed by atoms with van der Waals surface area (Å²) in [5.41, 5.74) is 6.65. The van der Waals surface area contributed by atoms with Crippen LogP contribution >= 0.6 is 11.6 Å². The third-order valence-corrected chi connectivity index (χ3v) is 3.38. The summed E-state index contributed by atoms with van der Waals surface area (Å²) in [6.45, 7) is 5.37. The Morgan fingerprint density at radius 3 is 2.78 bits per heavy atom. The zero-order valence-corrected chi connectivity index (χ0v) is 11.7. The summed E-state index contributed by atoms with van der Waals surface area (Å²) >= 11 is 6.23. The number of hydrogen-bond acceptors (Lipinski definition) is 3. The van der Waals surface area contributed by atoms with E-state index in [1.807, 2.05) is 32.0 Å². The molecule has 0 saturated carbocycles. The smallest absolute Gasteiger partial charge is 0.138 e. The molecule has 1 atom stereocenters. The van der Waals surface area contributed by atoms with Crippen LogP contribution in [0, 0.1) is 0 Å². The Morgan fingerprint density at radius 1 is 1.44 bits per heavy atom. The predicted molar refractivity (Wildman–Crippen MR) is 73.1 cm³/mol. The molecule has 2 N–H and O–H groups in total. The number of halogens is 1. The van der Waals surface area contributed by atoms with E-state index >= 15 is 0 Å². The van der Waals surface area contributed by atoms with Gasteiger partial charge in [-0.2, -0.15) is 0 Å². The van der Waals surface area contributed by atoms with Gasteiger partial charge in [-0.25, -0.2) is 0 Å². The van der Waals surface area contributed by atoms with Gasteiger partial charge in [0.15, 0.2) is 0 Å². The molecule has 1 aliphatic rings. The number of rotatable bonds is 3. The Balaban J connectivity index is 2.09. The van der Waals surface area contributed by atoms with Gasteiger partial charge in [-0.1, -0.05) is 17.7 Å². The molecule has 0 radical (unpaired) electrons. The van der Waals surface area contributed by atoms with Crippen molar-refractivity contribution in [2.45, 2.75) is 38.3 Å². The van der Waals surface area contributed by atoms with Gasteiger partial charge in [-0.3, -0.25) is 0 Å². The van der Waals surface area contributed by atoms with Crippen LogP contribution < -0.4 is 10.5 Å². The number of hydrogen-bond donors (Lipinski definition) is 1. The molecule has 1 fully saturated rings. The lowest BCUT2D eigenvalue weighted by Gasteiger charge is -2.25. The molecule has 2 rings (SSSR count). The maximum absolute atomic E-state index is 6.23. The van der Waals surface area contributed by atoms with Gasteiger partial charge in [0, 0.05) is 12.1 Å². The summed E-state index contributed by atoms with van der Waals surface area (Å²) in [6.07, 6.45) is 2.16. The summed E-state index contributed by atoms with van der Waals surface area (Å²) in [5.74, 6) is 0.708. The average Bonchev–Trinajstić information content (AvgIpc) is 2.32. The van der Waals surface area contributed by atoms with Crippen molar-refractivity contribution in [3.05, 3.63) is 28.8 Å². The van der Waals surface area contributed by atoms with Crippen molar-refractivity contribution in [2.75, 3.05) is 13.2 Å². The average molecular weight is 270 g/mol. The Morgan fingerprint density at radius 2 is 2.22 bits per heavy atom. The van der Waals surface area contributed by atoms with E-state index in [9.17, 15) is 0 Å². The van der Waals surface area contributed by atoms with Crippen LogP contribution in [0.25, 0.3) is 0 Å². The normalized spacial score (nSPS) is 20.8. The second-order valence-electron chi connectivity index (χ2n) is 5.32. The van der Waals surface area contributed by atoms with E-state index in [2.05, 4.69) is 0 Å². The van der Waals surface area contributed by atoms with Gasteiger partial charge in [0.1, 0.15) is 11.9 Å². The molecular weight excluding hydrogens is 250 g/mol. The molecule has 4 heteroatoms. The Hall–Kier alpha value is -0.770. The van der Waals surface area contributed by atoms with Gasteiger partial charge in [0.05, 0.1) is 11.6 Å². The molecule has 0 bridgehead atoms. The molecule has 0 spiro atoms. The first-order chi connectivity index (χ1) is 8.47. The first-order valence-corrected chi connectivity index (χ1v) is 6.68. The highest BCUT2D eigenvalue weighted by atomic mass is 35.5. The van der Waals surface area contributed by atoms with Crippen molar-refractivity contribution >= 4 is 11.6 Å². The molecule has 3 nitrogen and oxygen atoms in total. The fourth-order valence-electron chi connectivity index (χ4n) is 1.98. The summed E-state index contributed by atoms with van der Waals surface area (Å²) in [5, 5.41) is 0.608. The maximum atomic E-state index is 6.23. The number of ether oxygens (including phenoxy) is 2. The summed E-state index contributed by atoms with van der Waals surface area (Å²) < 4.78 is 11.2. The highest BCUT2D eigenvalue weighted by molar-refractivity contribution is 6.32. The minimum atomic E-state index is -0.393. The molecule has 1 aromatic rings. The lowest BCUT2D eigenvalue weighted by atomic mass is 9.96. The van der Waals surface area contributed by atoms with Gasteiger partial charge in [0.25, 0.3) is 0 Å². The van der Waals surface area contributed by atoms with Gasteiger partial charge in [0.2, 0.25) is 0 Å². The molecule has 0 aliphatic carbocycles. The van der Waals surface area contributed by atoms with Gasteiger partial charge < -0.3 is 15.2 Å². The summed E-state index contributed by atoms with van der Waals surface area (Å²) in [6, 6.07) is 5.73. The lowest BCUT2D eigenvalue weighted by molar-refractivity contribution is 0.00746.